The number of ether oxygens (including phenoxy) is 1. The lowest BCUT2D eigenvalue weighted by Gasteiger charge is -2.37. The molecule has 3 aromatic rings. The van der Waals surface area contributed by atoms with Crippen LogP contribution in [-0.2, 0) is 17.8 Å². The van der Waals surface area contributed by atoms with Crippen LogP contribution in [0.5, 0.6) is 0 Å². The molecule has 8 heteroatoms. The molecule has 1 aromatic heterocycles. The van der Waals surface area contributed by atoms with Gasteiger partial charge in [0.25, 0.3) is 11.5 Å². The van der Waals surface area contributed by atoms with E-state index in [4.69, 9.17) is 9.84 Å². The van der Waals surface area contributed by atoms with Crippen LogP contribution in [0.2, 0.25) is 0 Å². The summed E-state index contributed by atoms with van der Waals surface area (Å²) in [4.78, 5) is 32.0. The van der Waals surface area contributed by atoms with Crippen LogP contribution in [-0.4, -0.2) is 54.9 Å². The average Bonchev–Trinajstić information content (AvgIpc) is 2.98. The number of aryl methyl sites for hydroxylation is 1. The smallest absolute Gasteiger partial charge is 0.253 e. The molecule has 1 aliphatic rings. The molecule has 0 aliphatic carbocycles. The Morgan fingerprint density at radius 3 is 2.43 bits per heavy atom. The number of hydrogen-bond acceptors (Lipinski definition) is 6. The highest BCUT2D eigenvalue weighted by atomic mass is 16.5. The second-order valence-corrected chi connectivity index (χ2v) is 11.4. The molecule has 226 valence electrons. The van der Waals surface area contributed by atoms with Gasteiger partial charge in [0, 0.05) is 67.9 Å². The Balaban J connectivity index is 1.70. The van der Waals surface area contributed by atoms with Gasteiger partial charge >= 0.3 is 0 Å². The van der Waals surface area contributed by atoms with Crippen molar-refractivity contribution < 1.29 is 14.6 Å². The van der Waals surface area contributed by atoms with Crippen LogP contribution >= 0.6 is 0 Å². The minimum atomic E-state index is -0.196. The number of aliphatic hydroxyl groups is 1. The first-order valence-corrected chi connectivity index (χ1v) is 15.1. The van der Waals surface area contributed by atoms with Crippen LogP contribution in [0.4, 0.5) is 5.69 Å². The standard InChI is InChI=1S/C34H46N4O4/c1-6-38(28-11-15-42-16-12-28)32-19-27(26-9-7-25(8-10-26)20-35-13-14-39)18-30(24(32)5)33(40)36-21-31-29(22(2)3)17-23(4)37-34(31)41/h7-10,17-19,22,28,35,39H,6,11-16,20-21H2,1-5H3,(H,36,40)(H,37,41). The SMILES string of the molecule is CCN(c1cc(-c2ccc(CNCCO)cc2)cc(C(=O)NCc2c(C(C)C)cc(C)[nH]c2=O)c1C)C1CCOCC1. The Labute approximate surface area is 249 Å². The summed E-state index contributed by atoms with van der Waals surface area (Å²) in [5.74, 6) is -0.0351. The molecule has 0 spiro atoms. The van der Waals surface area contributed by atoms with Gasteiger partial charge in [-0.25, -0.2) is 0 Å². The van der Waals surface area contributed by atoms with Crippen LogP contribution in [0.15, 0.2) is 47.3 Å². The predicted octanol–water partition coefficient (Wildman–Crippen LogP) is 4.80. The molecule has 1 aliphatic heterocycles. The number of pyridine rings is 1. The van der Waals surface area contributed by atoms with E-state index in [0.717, 1.165) is 71.8 Å². The molecule has 1 saturated heterocycles. The van der Waals surface area contributed by atoms with Gasteiger partial charge in [-0.3, -0.25) is 9.59 Å². The molecule has 0 radical (unpaired) electrons. The van der Waals surface area contributed by atoms with Crippen molar-refractivity contribution in [2.24, 2.45) is 0 Å². The van der Waals surface area contributed by atoms with Crippen LogP contribution in [0.25, 0.3) is 11.1 Å². The van der Waals surface area contributed by atoms with Crippen LogP contribution in [0, 0.1) is 13.8 Å². The maximum Gasteiger partial charge on any atom is 0.253 e. The van der Waals surface area contributed by atoms with E-state index < -0.39 is 0 Å². The van der Waals surface area contributed by atoms with E-state index >= 15 is 0 Å². The topological polar surface area (TPSA) is 107 Å². The van der Waals surface area contributed by atoms with E-state index in [-0.39, 0.29) is 30.5 Å². The Bertz CT molecular complexity index is 1410. The Morgan fingerprint density at radius 2 is 1.79 bits per heavy atom. The van der Waals surface area contributed by atoms with Crippen molar-refractivity contribution in [1.82, 2.24) is 15.6 Å². The van der Waals surface area contributed by atoms with Crippen molar-refractivity contribution in [3.63, 3.8) is 0 Å². The fraction of sp³-hybridized carbons (Fsp3) is 0.471. The number of aromatic nitrogens is 1. The molecule has 0 bridgehead atoms. The first-order chi connectivity index (χ1) is 20.2. The molecule has 1 amide bonds. The number of nitrogens with one attached hydrogen (secondary N) is 3. The molecule has 1 fully saturated rings. The highest BCUT2D eigenvalue weighted by molar-refractivity contribution is 5.99. The number of benzene rings is 2. The summed E-state index contributed by atoms with van der Waals surface area (Å²) in [6, 6.07) is 14.8. The zero-order valence-electron chi connectivity index (χ0n) is 25.7. The van der Waals surface area contributed by atoms with Gasteiger partial charge in [0.15, 0.2) is 0 Å². The number of aliphatic hydroxyl groups excluding tert-OH is 1. The molecule has 4 N–H and O–H groups in total. The molecule has 2 heterocycles. The molecule has 0 saturated carbocycles. The van der Waals surface area contributed by atoms with Crippen LogP contribution in [0.3, 0.4) is 0 Å². The molecular formula is C34H46N4O4. The number of amides is 1. The summed E-state index contributed by atoms with van der Waals surface area (Å²) in [6.45, 7) is 14.0. The third-order valence-corrected chi connectivity index (χ3v) is 8.16. The van der Waals surface area contributed by atoms with Crippen molar-refractivity contribution in [2.75, 3.05) is 37.8 Å². The molecule has 4 rings (SSSR count). The first kappa shape index (κ1) is 31.5. The highest BCUT2D eigenvalue weighted by Crippen LogP contribution is 2.34. The molecule has 2 aromatic carbocycles. The second kappa shape index (κ2) is 14.6. The first-order valence-electron chi connectivity index (χ1n) is 15.1. The number of rotatable bonds is 12. The third-order valence-electron chi connectivity index (χ3n) is 8.16. The summed E-state index contributed by atoms with van der Waals surface area (Å²) >= 11 is 0. The maximum atomic E-state index is 13.8. The summed E-state index contributed by atoms with van der Waals surface area (Å²) < 4.78 is 5.64. The van der Waals surface area contributed by atoms with Gasteiger partial charge < -0.3 is 30.4 Å². The minimum Gasteiger partial charge on any atom is -0.395 e. The number of nitrogens with zero attached hydrogens (tertiary/aromatic N) is 1. The number of aromatic amines is 1. The largest absolute Gasteiger partial charge is 0.395 e. The number of H-pyrrole nitrogens is 1. The van der Waals surface area contributed by atoms with Gasteiger partial charge in [-0.05, 0) is 85.5 Å². The quantitative estimate of drug-likeness (QED) is 0.232. The van der Waals surface area contributed by atoms with Crippen molar-refractivity contribution in [3.8, 4) is 11.1 Å². The molecule has 0 unspecified atom stereocenters. The van der Waals surface area contributed by atoms with Crippen molar-refractivity contribution in [2.45, 2.75) is 72.5 Å². The normalized spacial score (nSPS) is 13.9. The van der Waals surface area contributed by atoms with E-state index in [1.807, 2.05) is 26.0 Å². The van der Waals surface area contributed by atoms with E-state index in [1.54, 1.807) is 0 Å². The second-order valence-electron chi connectivity index (χ2n) is 11.4. The fourth-order valence-corrected chi connectivity index (χ4v) is 5.85. The zero-order valence-corrected chi connectivity index (χ0v) is 25.7. The van der Waals surface area contributed by atoms with Crippen molar-refractivity contribution in [3.05, 3.63) is 86.3 Å². The van der Waals surface area contributed by atoms with Crippen LogP contribution < -0.4 is 21.1 Å². The van der Waals surface area contributed by atoms with E-state index in [9.17, 15) is 9.59 Å². The Kier molecular flexibility index (Phi) is 11.0. The summed E-state index contributed by atoms with van der Waals surface area (Å²) in [6.07, 6.45) is 1.89. The minimum absolute atomic E-state index is 0.104. The molecule has 0 atom stereocenters. The van der Waals surface area contributed by atoms with Gasteiger partial charge in [-0.2, -0.15) is 0 Å². The summed E-state index contributed by atoms with van der Waals surface area (Å²) in [5, 5.41) is 15.3. The molecule has 8 nitrogen and oxygen atoms in total. The Morgan fingerprint density at radius 1 is 1.07 bits per heavy atom. The average molecular weight is 575 g/mol. The predicted molar refractivity (Wildman–Crippen MR) is 169 cm³/mol. The fourth-order valence-electron chi connectivity index (χ4n) is 5.85. The van der Waals surface area contributed by atoms with Gasteiger partial charge in [0.2, 0.25) is 0 Å². The maximum absolute atomic E-state index is 13.8. The lowest BCUT2D eigenvalue weighted by atomic mass is 9.94. The lowest BCUT2D eigenvalue weighted by molar-refractivity contribution is 0.0846. The number of carbonyl (C=O) groups excluding carboxylic acids is 1. The Hall–Kier alpha value is -3.46. The van der Waals surface area contributed by atoms with Crippen LogP contribution in [0.1, 0.15) is 77.8 Å². The van der Waals surface area contributed by atoms with E-state index in [0.29, 0.717) is 30.3 Å². The van der Waals surface area contributed by atoms with Crippen molar-refractivity contribution in [1.29, 1.82) is 0 Å². The number of anilines is 1. The zero-order chi connectivity index (χ0) is 30.2. The highest BCUT2D eigenvalue weighted by Gasteiger charge is 2.25. The van der Waals surface area contributed by atoms with E-state index in [1.165, 1.54) is 0 Å². The van der Waals surface area contributed by atoms with Crippen molar-refractivity contribution >= 4 is 11.6 Å². The molecular weight excluding hydrogens is 528 g/mol. The number of carbonyl (C=O) groups is 1. The third kappa shape index (κ3) is 7.48. The molecule has 42 heavy (non-hydrogen) atoms. The number of hydrogen-bond donors (Lipinski definition) is 4. The monoisotopic (exact) mass is 574 g/mol. The van der Waals surface area contributed by atoms with E-state index in [2.05, 4.69) is 71.6 Å². The van der Waals surface area contributed by atoms with Gasteiger partial charge in [0.05, 0.1) is 6.61 Å². The summed E-state index contributed by atoms with van der Waals surface area (Å²) in [7, 11) is 0. The van der Waals surface area contributed by atoms with Gasteiger partial charge in [-0.1, -0.05) is 38.1 Å². The summed E-state index contributed by atoms with van der Waals surface area (Å²) in [5.41, 5.74) is 7.91. The lowest BCUT2D eigenvalue weighted by Crippen LogP contribution is -2.40. The van der Waals surface area contributed by atoms with Gasteiger partial charge in [-0.15, -0.1) is 0 Å². The van der Waals surface area contributed by atoms with Gasteiger partial charge in [0.1, 0.15) is 0 Å².